The number of hydrogen-bond donors (Lipinski definition) is 1. The summed E-state index contributed by atoms with van der Waals surface area (Å²) in [5.41, 5.74) is 6.79. The summed E-state index contributed by atoms with van der Waals surface area (Å²) in [6.45, 7) is 3.04. The zero-order chi connectivity index (χ0) is 11.8. The van der Waals surface area contributed by atoms with Crippen molar-refractivity contribution in [3.8, 4) is 5.88 Å². The third-order valence-electron chi connectivity index (χ3n) is 1.59. The maximum Gasteiger partial charge on any atom is 0.388 e. The molecule has 5 heteroatoms. The molecule has 0 unspecified atom stereocenters. The van der Waals surface area contributed by atoms with Crippen LogP contribution in [0.4, 0.5) is 14.5 Å². The van der Waals surface area contributed by atoms with Crippen LogP contribution >= 0.6 is 0 Å². The van der Waals surface area contributed by atoms with E-state index in [0.29, 0.717) is 12.1 Å². The standard InChI is InChI=1S/C8H10F2N2O.C2H6/c1-2-5-4-12-7(3-6(5)11)13-8(9)10;1-2/h3-4,8H,2H2,1H3,(H2,11,12);1-2H3. The van der Waals surface area contributed by atoms with Crippen LogP contribution in [0.25, 0.3) is 0 Å². The van der Waals surface area contributed by atoms with Gasteiger partial charge in [-0.05, 0) is 12.0 Å². The lowest BCUT2D eigenvalue weighted by molar-refractivity contribution is -0.0528. The molecule has 0 saturated carbocycles. The third kappa shape index (κ3) is 4.58. The van der Waals surface area contributed by atoms with E-state index in [1.54, 1.807) is 0 Å². The number of aryl methyl sites for hydroxylation is 1. The molecule has 0 radical (unpaired) electrons. The fourth-order valence-electron chi connectivity index (χ4n) is 0.930. The Morgan fingerprint density at radius 2 is 2.07 bits per heavy atom. The first-order valence-electron chi connectivity index (χ1n) is 4.82. The summed E-state index contributed by atoms with van der Waals surface area (Å²) in [7, 11) is 0. The molecule has 2 N–H and O–H groups in total. The van der Waals surface area contributed by atoms with Crippen LogP contribution in [0.2, 0.25) is 0 Å². The Bertz CT molecular complexity index is 293. The molecule has 0 atom stereocenters. The van der Waals surface area contributed by atoms with Crippen LogP contribution in [-0.2, 0) is 6.42 Å². The number of aromatic nitrogens is 1. The van der Waals surface area contributed by atoms with Crippen LogP contribution in [0.15, 0.2) is 12.3 Å². The zero-order valence-corrected chi connectivity index (χ0v) is 9.13. The van der Waals surface area contributed by atoms with Crippen molar-refractivity contribution >= 4 is 5.69 Å². The van der Waals surface area contributed by atoms with Gasteiger partial charge in [0, 0.05) is 18.0 Å². The van der Waals surface area contributed by atoms with Gasteiger partial charge in [0.15, 0.2) is 0 Å². The molecule has 1 rings (SSSR count). The lowest BCUT2D eigenvalue weighted by Crippen LogP contribution is -2.05. The molecule has 0 aliphatic heterocycles. The molecular formula is C10H16F2N2O. The average molecular weight is 218 g/mol. The molecule has 0 bridgehead atoms. The highest BCUT2D eigenvalue weighted by molar-refractivity contribution is 5.47. The largest absolute Gasteiger partial charge is 0.417 e. The number of rotatable bonds is 3. The number of anilines is 1. The number of pyridine rings is 1. The molecule has 15 heavy (non-hydrogen) atoms. The molecule has 0 aliphatic carbocycles. The van der Waals surface area contributed by atoms with Crippen molar-refractivity contribution in [3.05, 3.63) is 17.8 Å². The van der Waals surface area contributed by atoms with Crippen LogP contribution in [0, 0.1) is 0 Å². The summed E-state index contributed by atoms with van der Waals surface area (Å²) in [5.74, 6) is -0.148. The molecule has 0 amide bonds. The number of nitrogens with two attached hydrogens (primary N) is 1. The topological polar surface area (TPSA) is 48.1 Å². The Kier molecular flexibility index (Phi) is 6.33. The minimum Gasteiger partial charge on any atom is -0.417 e. The Morgan fingerprint density at radius 1 is 1.47 bits per heavy atom. The van der Waals surface area contributed by atoms with E-state index in [1.807, 2.05) is 20.8 Å². The van der Waals surface area contributed by atoms with Crippen LogP contribution in [0.1, 0.15) is 26.3 Å². The Balaban J connectivity index is 0.000000921. The fourth-order valence-corrected chi connectivity index (χ4v) is 0.930. The first kappa shape index (κ1) is 13.6. The Morgan fingerprint density at radius 3 is 2.47 bits per heavy atom. The van der Waals surface area contributed by atoms with Crippen molar-refractivity contribution in [2.45, 2.75) is 33.8 Å². The maximum atomic E-state index is 11.7. The van der Waals surface area contributed by atoms with Gasteiger partial charge in [-0.15, -0.1) is 0 Å². The van der Waals surface area contributed by atoms with Crippen molar-refractivity contribution in [1.82, 2.24) is 4.98 Å². The van der Waals surface area contributed by atoms with Gasteiger partial charge in [0.2, 0.25) is 5.88 Å². The van der Waals surface area contributed by atoms with E-state index in [4.69, 9.17) is 5.73 Å². The smallest absolute Gasteiger partial charge is 0.388 e. The maximum absolute atomic E-state index is 11.7. The molecule has 0 aliphatic rings. The summed E-state index contributed by atoms with van der Waals surface area (Å²) < 4.78 is 27.5. The lowest BCUT2D eigenvalue weighted by Gasteiger charge is -2.06. The van der Waals surface area contributed by atoms with Crippen molar-refractivity contribution in [2.24, 2.45) is 0 Å². The van der Waals surface area contributed by atoms with Crippen LogP contribution in [0.3, 0.4) is 0 Å². The van der Waals surface area contributed by atoms with Gasteiger partial charge in [-0.2, -0.15) is 8.78 Å². The molecule has 1 aromatic rings. The van der Waals surface area contributed by atoms with Crippen LogP contribution in [0.5, 0.6) is 5.88 Å². The second kappa shape index (κ2) is 6.98. The highest BCUT2D eigenvalue weighted by Crippen LogP contribution is 2.18. The summed E-state index contributed by atoms with van der Waals surface area (Å²) in [4.78, 5) is 3.67. The normalized spacial score (nSPS) is 9.47. The highest BCUT2D eigenvalue weighted by Gasteiger charge is 2.06. The number of hydrogen-bond acceptors (Lipinski definition) is 3. The fraction of sp³-hybridized carbons (Fsp3) is 0.500. The molecule has 1 heterocycles. The predicted octanol–water partition coefficient (Wildman–Crippen LogP) is 2.85. The first-order chi connectivity index (χ1) is 7.13. The third-order valence-corrected chi connectivity index (χ3v) is 1.59. The minimum absolute atomic E-state index is 0.148. The number of ether oxygens (including phenoxy) is 1. The van der Waals surface area contributed by atoms with Gasteiger partial charge < -0.3 is 10.5 Å². The number of nitrogens with zero attached hydrogens (tertiary/aromatic N) is 1. The molecule has 1 aromatic heterocycles. The average Bonchev–Trinajstić information content (AvgIpc) is 2.20. The SMILES string of the molecule is CC.CCc1cnc(OC(F)F)cc1N. The van der Waals surface area contributed by atoms with E-state index in [0.717, 1.165) is 5.56 Å². The van der Waals surface area contributed by atoms with Gasteiger partial charge in [-0.25, -0.2) is 4.98 Å². The van der Waals surface area contributed by atoms with Crippen molar-refractivity contribution in [3.63, 3.8) is 0 Å². The second-order valence-electron chi connectivity index (χ2n) is 2.45. The Labute approximate surface area is 88.3 Å². The lowest BCUT2D eigenvalue weighted by atomic mass is 10.2. The number of nitrogen functional groups attached to an aromatic ring is 1. The van der Waals surface area contributed by atoms with Crippen LogP contribution in [-0.4, -0.2) is 11.6 Å². The molecule has 0 saturated heterocycles. The van der Waals surface area contributed by atoms with E-state index >= 15 is 0 Å². The summed E-state index contributed by atoms with van der Waals surface area (Å²) >= 11 is 0. The second-order valence-corrected chi connectivity index (χ2v) is 2.45. The summed E-state index contributed by atoms with van der Waals surface area (Å²) in [5, 5.41) is 0. The van der Waals surface area contributed by atoms with Gasteiger partial charge in [0.1, 0.15) is 0 Å². The van der Waals surface area contributed by atoms with E-state index < -0.39 is 6.61 Å². The zero-order valence-electron chi connectivity index (χ0n) is 9.13. The van der Waals surface area contributed by atoms with E-state index in [-0.39, 0.29) is 5.88 Å². The predicted molar refractivity (Wildman–Crippen MR) is 56.0 cm³/mol. The van der Waals surface area contributed by atoms with E-state index in [9.17, 15) is 8.78 Å². The van der Waals surface area contributed by atoms with Crippen LogP contribution < -0.4 is 10.5 Å². The highest BCUT2D eigenvalue weighted by atomic mass is 19.3. The van der Waals surface area contributed by atoms with Gasteiger partial charge in [0.25, 0.3) is 0 Å². The molecule has 0 aromatic carbocycles. The van der Waals surface area contributed by atoms with Gasteiger partial charge in [-0.3, -0.25) is 0 Å². The van der Waals surface area contributed by atoms with E-state index in [2.05, 4.69) is 9.72 Å². The summed E-state index contributed by atoms with van der Waals surface area (Å²) in [6, 6.07) is 1.30. The molecule has 3 nitrogen and oxygen atoms in total. The van der Waals surface area contributed by atoms with Crippen molar-refractivity contribution in [1.29, 1.82) is 0 Å². The number of alkyl halides is 2. The summed E-state index contributed by atoms with van der Waals surface area (Å²) in [6.07, 6.45) is 2.15. The number of halogens is 2. The first-order valence-corrected chi connectivity index (χ1v) is 4.82. The van der Waals surface area contributed by atoms with Crippen molar-refractivity contribution in [2.75, 3.05) is 5.73 Å². The quantitative estimate of drug-likeness (QED) is 0.848. The monoisotopic (exact) mass is 218 g/mol. The molecular weight excluding hydrogens is 202 g/mol. The minimum atomic E-state index is -2.86. The van der Waals surface area contributed by atoms with Gasteiger partial charge >= 0.3 is 6.61 Å². The van der Waals surface area contributed by atoms with Gasteiger partial charge in [0.05, 0.1) is 0 Å². The molecule has 86 valence electrons. The van der Waals surface area contributed by atoms with Crippen molar-refractivity contribution < 1.29 is 13.5 Å². The molecule has 0 fully saturated rings. The van der Waals surface area contributed by atoms with Gasteiger partial charge in [-0.1, -0.05) is 20.8 Å². The van der Waals surface area contributed by atoms with E-state index in [1.165, 1.54) is 12.3 Å². The molecule has 0 spiro atoms. The Hall–Kier alpha value is -1.39.